The molecule has 0 atom stereocenters. The molecule has 84 heavy (non-hydrogen) atoms. The van der Waals surface area contributed by atoms with Crippen molar-refractivity contribution >= 4 is 151 Å². The summed E-state index contributed by atoms with van der Waals surface area (Å²) in [4.78, 5) is 0. The summed E-state index contributed by atoms with van der Waals surface area (Å²) in [6, 6.07) is 88.0. The van der Waals surface area contributed by atoms with Crippen LogP contribution < -0.4 is 0 Å². The van der Waals surface area contributed by atoms with E-state index in [9.17, 15) is 0 Å². The van der Waals surface area contributed by atoms with Crippen molar-refractivity contribution in [2.75, 3.05) is 0 Å². The van der Waals surface area contributed by atoms with Crippen molar-refractivity contribution in [1.82, 2.24) is 0 Å². The first-order valence-electron chi connectivity index (χ1n) is 28.4. The first-order valence-corrected chi connectivity index (χ1v) is 30.0. The van der Waals surface area contributed by atoms with Gasteiger partial charge in [-0.3, -0.25) is 0 Å². The van der Waals surface area contributed by atoms with Crippen molar-refractivity contribution in [2.24, 2.45) is 0 Å². The average Bonchev–Trinajstić information content (AvgIpc) is 4.19. The number of fused-ring (bicyclic) bond motifs is 18. The zero-order valence-electron chi connectivity index (χ0n) is 47.7. The summed E-state index contributed by atoms with van der Waals surface area (Å²) in [7, 11) is 0. The van der Waals surface area contributed by atoms with Crippen LogP contribution in [0, 0.1) is 41.5 Å². The average molecular weight is 1130 g/mol. The largest absolute Gasteiger partial charge is 0.456 e. The summed E-state index contributed by atoms with van der Waals surface area (Å²) >= 11 is 3.76. The summed E-state index contributed by atoms with van der Waals surface area (Å²) in [5.74, 6) is 0. The molecule has 0 N–H and O–H groups in total. The first-order chi connectivity index (χ1) is 41.1. The molecule has 0 unspecified atom stereocenters. The Kier molecular flexibility index (Phi) is 14.8. The highest BCUT2D eigenvalue weighted by atomic mass is 32.1. The SMILES string of the molecule is Cc1ccc2c(c1)oc1ccccc12.Cc1ccc2c(c1)sc1ccccc12.Cc1ccc2oc3ccccc3c2c1.Cc1cccc2c1oc1ccccc12.Cc1cccc2c1sc1ccccc12.Cc1cccc2oc3ccccc3c12. The maximum atomic E-state index is 5.78. The topological polar surface area (TPSA) is 52.6 Å². The van der Waals surface area contributed by atoms with Crippen LogP contribution in [0.4, 0.5) is 0 Å². The van der Waals surface area contributed by atoms with E-state index in [0.717, 1.165) is 44.7 Å². The Labute approximate surface area is 495 Å². The fourth-order valence-electron chi connectivity index (χ4n) is 11.2. The van der Waals surface area contributed by atoms with Crippen LogP contribution in [0.2, 0.25) is 0 Å². The minimum atomic E-state index is 0.966. The van der Waals surface area contributed by atoms with Crippen molar-refractivity contribution in [3.05, 3.63) is 288 Å². The van der Waals surface area contributed by atoms with Crippen molar-refractivity contribution in [2.45, 2.75) is 41.5 Å². The lowest BCUT2D eigenvalue weighted by Gasteiger charge is -1.93. The maximum Gasteiger partial charge on any atom is 0.138 e. The molecule has 4 nitrogen and oxygen atoms in total. The third-order valence-corrected chi connectivity index (χ3v) is 17.9. The number of hydrogen-bond acceptors (Lipinski definition) is 6. The lowest BCUT2D eigenvalue weighted by Crippen LogP contribution is -1.72. The van der Waals surface area contributed by atoms with Crippen LogP contribution in [0.1, 0.15) is 33.4 Å². The third kappa shape index (κ3) is 10.7. The number of aryl methyl sites for hydroxylation is 6. The second-order valence-electron chi connectivity index (χ2n) is 21.4. The van der Waals surface area contributed by atoms with E-state index in [1.165, 1.54) is 117 Å². The van der Waals surface area contributed by atoms with Crippen molar-refractivity contribution in [3.8, 4) is 0 Å². The molecule has 18 aromatic rings. The fraction of sp³-hybridized carbons (Fsp3) is 0.0769. The van der Waals surface area contributed by atoms with Gasteiger partial charge in [0.15, 0.2) is 0 Å². The monoisotopic (exact) mass is 1120 g/mol. The van der Waals surface area contributed by atoms with E-state index < -0.39 is 0 Å². The van der Waals surface area contributed by atoms with E-state index in [1.54, 1.807) is 0 Å². The van der Waals surface area contributed by atoms with Gasteiger partial charge in [0.05, 0.1) is 0 Å². The van der Waals surface area contributed by atoms with Gasteiger partial charge in [-0.25, -0.2) is 0 Å². The highest BCUT2D eigenvalue weighted by Crippen LogP contribution is 2.37. The van der Waals surface area contributed by atoms with Gasteiger partial charge >= 0.3 is 0 Å². The predicted molar refractivity (Wildman–Crippen MR) is 362 cm³/mol. The van der Waals surface area contributed by atoms with Gasteiger partial charge in [-0.05, 0) is 136 Å². The van der Waals surface area contributed by atoms with Crippen LogP contribution in [-0.4, -0.2) is 0 Å². The highest BCUT2D eigenvalue weighted by molar-refractivity contribution is 7.26. The van der Waals surface area contributed by atoms with Crippen LogP contribution in [0.5, 0.6) is 0 Å². The van der Waals surface area contributed by atoms with Gasteiger partial charge in [-0.2, -0.15) is 0 Å². The Bertz CT molecular complexity index is 5110. The van der Waals surface area contributed by atoms with E-state index in [-0.39, 0.29) is 0 Å². The van der Waals surface area contributed by atoms with Gasteiger partial charge in [0.25, 0.3) is 0 Å². The summed E-state index contributed by atoms with van der Waals surface area (Å²) < 4.78 is 28.5. The lowest BCUT2D eigenvalue weighted by molar-refractivity contribution is 0.665. The van der Waals surface area contributed by atoms with Crippen LogP contribution in [0.25, 0.3) is 128 Å². The van der Waals surface area contributed by atoms with Crippen molar-refractivity contribution in [3.63, 3.8) is 0 Å². The molecule has 12 aromatic carbocycles. The van der Waals surface area contributed by atoms with Gasteiger partial charge in [-0.1, -0.05) is 194 Å². The van der Waals surface area contributed by atoms with E-state index in [1.807, 2.05) is 114 Å². The molecule has 18 rings (SSSR count). The standard InChI is InChI=1S/4C13H10O.2C13H10S/c1-9-5-4-7-11-10-6-2-3-8-12(10)14-13(9)11;1-9-5-4-8-12-13(9)10-6-2-3-7-11(10)14-12;1-9-6-7-13-11(8-9)10-4-2-3-5-12(10)14-13;1-9-6-7-11-10-4-2-3-5-12(10)14-13(11)8-9;1-9-5-4-7-11-10-6-2-3-8-12(10)14-13(9)11;1-9-6-7-11-10-4-2-3-5-12(10)14-13(11)8-9/h6*2-8H,1H3. The highest BCUT2D eigenvalue weighted by Gasteiger charge is 2.11. The Balaban J connectivity index is 0.0000000940. The first kappa shape index (κ1) is 53.6. The van der Waals surface area contributed by atoms with Crippen molar-refractivity contribution < 1.29 is 17.7 Å². The summed E-state index contributed by atoms with van der Waals surface area (Å²) in [6.07, 6.45) is 0. The van der Waals surface area contributed by atoms with Crippen LogP contribution in [0.15, 0.2) is 272 Å². The van der Waals surface area contributed by atoms with E-state index in [0.29, 0.717) is 0 Å². The fourth-order valence-corrected chi connectivity index (χ4v) is 13.6. The number of thiophene rings is 2. The molecule has 0 saturated heterocycles. The van der Waals surface area contributed by atoms with Crippen LogP contribution in [0.3, 0.4) is 0 Å². The van der Waals surface area contributed by atoms with Gasteiger partial charge in [0, 0.05) is 83.4 Å². The molecule has 0 saturated carbocycles. The molecule has 0 aliphatic heterocycles. The molecule has 0 aliphatic rings. The number of rotatable bonds is 0. The predicted octanol–water partition coefficient (Wildman–Crippen LogP) is 24.3. The molecule has 0 aliphatic carbocycles. The van der Waals surface area contributed by atoms with Gasteiger partial charge < -0.3 is 17.7 Å². The lowest BCUT2D eigenvalue weighted by atomic mass is 10.1. The quantitative estimate of drug-likeness (QED) is 0.152. The van der Waals surface area contributed by atoms with Crippen LogP contribution >= 0.6 is 22.7 Å². The zero-order chi connectivity index (χ0) is 57.3. The Morgan fingerprint density at radius 2 is 0.631 bits per heavy atom. The number of hydrogen-bond donors (Lipinski definition) is 0. The second kappa shape index (κ2) is 23.3. The van der Waals surface area contributed by atoms with Crippen LogP contribution in [-0.2, 0) is 0 Å². The minimum absolute atomic E-state index is 0.966. The molecular formula is C78H60O4S2. The summed E-state index contributed by atoms with van der Waals surface area (Å²) in [6.45, 7) is 12.7. The number of benzene rings is 12. The zero-order valence-corrected chi connectivity index (χ0v) is 49.3. The molecule has 0 bridgehead atoms. The van der Waals surface area contributed by atoms with Gasteiger partial charge in [0.2, 0.25) is 0 Å². The molecule has 6 heteroatoms. The smallest absolute Gasteiger partial charge is 0.138 e. The molecule has 0 radical (unpaired) electrons. The Morgan fingerprint density at radius 1 is 0.226 bits per heavy atom. The van der Waals surface area contributed by atoms with Crippen molar-refractivity contribution in [1.29, 1.82) is 0 Å². The molecule has 6 heterocycles. The Morgan fingerprint density at radius 3 is 1.33 bits per heavy atom. The van der Waals surface area contributed by atoms with E-state index >= 15 is 0 Å². The molecular weight excluding hydrogens is 1060 g/mol. The molecule has 408 valence electrons. The third-order valence-electron chi connectivity index (χ3n) is 15.4. The number of para-hydroxylation sites is 5. The Hall–Kier alpha value is -9.72. The molecule has 6 aromatic heterocycles. The van der Waals surface area contributed by atoms with E-state index in [4.69, 9.17) is 17.7 Å². The van der Waals surface area contributed by atoms with Gasteiger partial charge in [0.1, 0.15) is 44.7 Å². The summed E-state index contributed by atoms with van der Waals surface area (Å²) in [5.41, 5.74) is 15.5. The normalized spacial score (nSPS) is 11.2. The maximum absolute atomic E-state index is 5.78. The molecule has 0 spiro atoms. The number of furan rings is 4. The molecule has 0 amide bonds. The van der Waals surface area contributed by atoms with Gasteiger partial charge in [-0.15, -0.1) is 22.7 Å². The second-order valence-corrected chi connectivity index (χ2v) is 23.6. The summed E-state index contributed by atoms with van der Waals surface area (Å²) in [5, 5.41) is 15.2. The minimum Gasteiger partial charge on any atom is -0.456 e. The molecule has 0 fully saturated rings. The van der Waals surface area contributed by atoms with E-state index in [2.05, 4.69) is 205 Å².